The van der Waals surface area contributed by atoms with Crippen LogP contribution in [0.1, 0.15) is 28.2 Å². The molecule has 0 aromatic heterocycles. The number of allylic oxidation sites excluding steroid dienone is 1. The third-order valence-corrected chi connectivity index (χ3v) is 7.50. The lowest BCUT2D eigenvalue weighted by Crippen LogP contribution is -2.10. The van der Waals surface area contributed by atoms with Gasteiger partial charge >= 0.3 is 0 Å². The predicted molar refractivity (Wildman–Crippen MR) is 102 cm³/mol. The molecule has 170 valence electrons. The quantitative estimate of drug-likeness (QED) is 0.476. The average molecular weight is 498 g/mol. The zero-order chi connectivity index (χ0) is 24.5. The van der Waals surface area contributed by atoms with Crippen LogP contribution >= 0.6 is 0 Å². The molecule has 4 rings (SSSR count). The molecule has 1 saturated carbocycles. The summed E-state index contributed by atoms with van der Waals surface area (Å²) in [7, 11) is -9.36. The first-order valence-electron chi connectivity index (χ1n) is 8.79. The fraction of sp³-hybridized carbons (Fsp3) is 0.158. The Kier molecular flexibility index (Phi) is 5.03. The lowest BCUT2D eigenvalue weighted by Gasteiger charge is -2.19. The monoisotopic (exact) mass is 498 g/mol. The van der Waals surface area contributed by atoms with Crippen molar-refractivity contribution in [3.63, 3.8) is 0 Å². The Hall–Kier alpha value is -3.43. The van der Waals surface area contributed by atoms with Crippen LogP contribution in [0.2, 0.25) is 0 Å². The highest BCUT2D eigenvalue weighted by molar-refractivity contribution is 7.86. The van der Waals surface area contributed by atoms with Gasteiger partial charge in [0.05, 0.1) is 4.90 Å². The summed E-state index contributed by atoms with van der Waals surface area (Å²) in [5.41, 5.74) is -2.39. The molecule has 2 aliphatic rings. The smallest absolute Gasteiger partial charge is 0.294 e. The van der Waals surface area contributed by atoms with Gasteiger partial charge in [-0.2, -0.15) is 31.7 Å². The van der Waals surface area contributed by atoms with Gasteiger partial charge in [-0.25, -0.2) is 8.78 Å². The molecule has 0 heterocycles. The topological polar surface area (TPSA) is 166 Å². The van der Waals surface area contributed by atoms with Gasteiger partial charge in [0.15, 0.2) is 11.6 Å². The van der Waals surface area contributed by atoms with E-state index >= 15 is 0 Å². The van der Waals surface area contributed by atoms with E-state index in [9.17, 15) is 39.1 Å². The summed E-state index contributed by atoms with van der Waals surface area (Å²) in [6.45, 7) is 0. The number of rotatable bonds is 4. The molecule has 2 N–H and O–H groups in total. The number of halogens is 3. The molecule has 0 saturated heterocycles. The van der Waals surface area contributed by atoms with Crippen molar-refractivity contribution >= 4 is 26.0 Å². The van der Waals surface area contributed by atoms with Gasteiger partial charge in [0.2, 0.25) is 11.6 Å². The molecule has 9 nitrogen and oxygen atoms in total. The van der Waals surface area contributed by atoms with E-state index in [0.29, 0.717) is 0 Å². The van der Waals surface area contributed by atoms with Crippen LogP contribution in [0, 0.1) is 46.0 Å². The van der Waals surface area contributed by atoms with Crippen LogP contribution in [-0.4, -0.2) is 31.2 Å². The van der Waals surface area contributed by atoms with Crippen LogP contribution in [-0.2, 0) is 20.2 Å². The molecule has 2 aromatic carbocycles. The zero-order valence-corrected chi connectivity index (χ0v) is 17.5. The maximum atomic E-state index is 14.7. The van der Waals surface area contributed by atoms with E-state index in [1.54, 1.807) is 0 Å². The number of benzene rings is 2. The van der Waals surface area contributed by atoms with E-state index in [2.05, 4.69) is 0 Å². The predicted octanol–water partition coefficient (Wildman–Crippen LogP) is 2.50. The number of ether oxygens (including phenoxy) is 1. The Morgan fingerprint density at radius 1 is 0.939 bits per heavy atom. The van der Waals surface area contributed by atoms with Gasteiger partial charge in [-0.3, -0.25) is 9.11 Å². The van der Waals surface area contributed by atoms with Crippen molar-refractivity contribution in [3.05, 3.63) is 64.0 Å². The van der Waals surface area contributed by atoms with E-state index in [4.69, 9.17) is 15.3 Å². The Balaban J connectivity index is 1.90. The molecule has 3 atom stereocenters. The van der Waals surface area contributed by atoms with E-state index in [0.717, 1.165) is 24.3 Å². The van der Waals surface area contributed by atoms with Crippen LogP contribution in [0.15, 0.2) is 29.2 Å². The second-order valence-electron chi connectivity index (χ2n) is 7.18. The summed E-state index contributed by atoms with van der Waals surface area (Å²) in [5, 5.41) is 16.5. The molecule has 14 heteroatoms. The summed E-state index contributed by atoms with van der Waals surface area (Å²) in [4.78, 5) is -0.615. The number of hydrogen-bond acceptors (Lipinski definition) is 7. The first kappa shape index (κ1) is 22.8. The minimum Gasteiger partial charge on any atom is -0.451 e. The average Bonchev–Trinajstić information content (AvgIpc) is 3.47. The van der Waals surface area contributed by atoms with Gasteiger partial charge in [0, 0.05) is 17.4 Å². The van der Waals surface area contributed by atoms with Crippen molar-refractivity contribution in [2.45, 2.75) is 16.1 Å². The molecule has 0 spiro atoms. The van der Waals surface area contributed by atoms with Crippen molar-refractivity contribution in [1.29, 1.82) is 10.5 Å². The molecule has 1 fully saturated rings. The summed E-state index contributed by atoms with van der Waals surface area (Å²) < 4.78 is 114. The minimum atomic E-state index is -4.71. The number of fused-ring (bicyclic) bond motifs is 3. The maximum absolute atomic E-state index is 14.7. The highest BCUT2D eigenvalue weighted by atomic mass is 32.2. The molecular weight excluding hydrogens is 489 g/mol. The minimum absolute atomic E-state index is 0.0364. The van der Waals surface area contributed by atoms with Gasteiger partial charge in [-0.05, 0) is 29.8 Å². The molecule has 2 aliphatic carbocycles. The van der Waals surface area contributed by atoms with Crippen LogP contribution in [0.3, 0.4) is 0 Å². The van der Waals surface area contributed by atoms with E-state index in [1.807, 2.05) is 0 Å². The highest BCUT2D eigenvalue weighted by Gasteiger charge is 2.60. The van der Waals surface area contributed by atoms with Crippen LogP contribution in [0.5, 0.6) is 5.75 Å². The Bertz CT molecular complexity index is 1570. The van der Waals surface area contributed by atoms with Gasteiger partial charge in [0.25, 0.3) is 20.2 Å². The van der Waals surface area contributed by atoms with Crippen LogP contribution in [0.25, 0.3) is 5.76 Å². The Labute approximate surface area is 184 Å². The van der Waals surface area contributed by atoms with Gasteiger partial charge in [-0.1, -0.05) is 0 Å². The third-order valence-electron chi connectivity index (χ3n) is 5.36. The molecule has 0 amide bonds. The van der Waals surface area contributed by atoms with Crippen molar-refractivity contribution in [2.24, 2.45) is 5.92 Å². The molecule has 0 aliphatic heterocycles. The van der Waals surface area contributed by atoms with E-state index < -0.39 is 82.3 Å². The Morgan fingerprint density at radius 2 is 1.55 bits per heavy atom. The highest BCUT2D eigenvalue weighted by Crippen LogP contribution is 2.58. The maximum Gasteiger partial charge on any atom is 0.294 e. The fourth-order valence-electron chi connectivity index (χ4n) is 3.88. The number of hydrogen-bond donors (Lipinski definition) is 2. The normalized spacial score (nSPS) is 21.2. The standard InChI is InChI=1S/C19H9F3N2O7S2/c20-15-11(5-23)12(6-24)16(21)18(17(15)22)31-13-4-10-14(19(10)33(28,29)30)9-3-7(32(25,26)27)1-2-8(9)13/h1-4,10,14,19H,(H,25,26,27)(H,28,29,30). The fourth-order valence-corrected chi connectivity index (χ4v) is 5.64. The van der Waals surface area contributed by atoms with Gasteiger partial charge in [-0.15, -0.1) is 0 Å². The first-order valence-corrected chi connectivity index (χ1v) is 11.7. The van der Waals surface area contributed by atoms with Crippen LogP contribution < -0.4 is 4.74 Å². The van der Waals surface area contributed by atoms with Crippen molar-refractivity contribution in [3.8, 4) is 17.9 Å². The largest absolute Gasteiger partial charge is 0.451 e. The zero-order valence-electron chi connectivity index (χ0n) is 15.8. The first-order chi connectivity index (χ1) is 15.3. The van der Waals surface area contributed by atoms with Crippen molar-refractivity contribution < 1.29 is 43.8 Å². The summed E-state index contributed by atoms with van der Waals surface area (Å²) in [6.07, 6.45) is 1.10. The molecule has 3 unspecified atom stereocenters. The van der Waals surface area contributed by atoms with Gasteiger partial charge < -0.3 is 4.74 Å². The molecule has 2 aromatic rings. The summed E-state index contributed by atoms with van der Waals surface area (Å²) in [5.74, 6) is -9.22. The number of nitriles is 2. The third kappa shape index (κ3) is 3.53. The van der Waals surface area contributed by atoms with Crippen LogP contribution in [0.4, 0.5) is 13.2 Å². The van der Waals surface area contributed by atoms with E-state index in [-0.39, 0.29) is 11.1 Å². The SMILES string of the molecule is N#Cc1c(F)c(F)c(OC2=CC3C(c4cc(S(=O)(=O)O)ccc42)C3S(=O)(=O)O)c(F)c1C#N. The molecule has 0 bridgehead atoms. The van der Waals surface area contributed by atoms with E-state index in [1.165, 1.54) is 12.1 Å². The second kappa shape index (κ2) is 7.29. The van der Waals surface area contributed by atoms with Gasteiger partial charge in [0.1, 0.15) is 34.3 Å². The van der Waals surface area contributed by atoms with Crippen molar-refractivity contribution in [2.75, 3.05) is 0 Å². The lowest BCUT2D eigenvalue weighted by atomic mass is 9.95. The second-order valence-corrected chi connectivity index (χ2v) is 10.2. The van der Waals surface area contributed by atoms with Crippen molar-refractivity contribution in [1.82, 2.24) is 0 Å². The molecule has 0 radical (unpaired) electrons. The summed E-state index contributed by atoms with van der Waals surface area (Å²) >= 11 is 0. The lowest BCUT2D eigenvalue weighted by molar-refractivity contribution is 0.398. The molecule has 33 heavy (non-hydrogen) atoms. The number of nitrogens with zero attached hydrogens (tertiary/aromatic N) is 2. The summed E-state index contributed by atoms with van der Waals surface area (Å²) in [6, 6.07) is 5.29. The molecular formula is C19H9F3N2O7S2. The Morgan fingerprint density at radius 3 is 2.09 bits per heavy atom.